The van der Waals surface area contributed by atoms with Gasteiger partial charge < -0.3 is 10.4 Å². The molecular formula is C13H23NO. The third-order valence-electron chi connectivity index (χ3n) is 4.89. The minimum atomic E-state index is -0.00986. The predicted octanol–water partition coefficient (Wildman–Crippen LogP) is 2.07. The van der Waals surface area contributed by atoms with Gasteiger partial charge in [-0.2, -0.15) is 0 Å². The van der Waals surface area contributed by atoms with E-state index in [4.69, 9.17) is 0 Å². The second-order valence-corrected chi connectivity index (χ2v) is 5.90. The van der Waals surface area contributed by atoms with Gasteiger partial charge in [-0.25, -0.2) is 0 Å². The molecule has 2 heterocycles. The smallest absolute Gasteiger partial charge is 0.0598 e. The number of hydrogen-bond acceptors (Lipinski definition) is 2. The van der Waals surface area contributed by atoms with E-state index in [2.05, 4.69) is 5.32 Å². The van der Waals surface area contributed by atoms with Gasteiger partial charge in [-0.05, 0) is 31.6 Å². The van der Waals surface area contributed by atoms with Crippen molar-refractivity contribution in [2.75, 3.05) is 0 Å². The molecule has 86 valence electrons. The van der Waals surface area contributed by atoms with Crippen molar-refractivity contribution >= 4 is 0 Å². The van der Waals surface area contributed by atoms with Crippen LogP contribution >= 0.6 is 0 Å². The summed E-state index contributed by atoms with van der Waals surface area (Å²) >= 11 is 0. The zero-order valence-electron chi connectivity index (χ0n) is 9.49. The molecule has 0 amide bonds. The summed E-state index contributed by atoms with van der Waals surface area (Å²) in [5.41, 5.74) is 0. The Balaban J connectivity index is 1.62. The van der Waals surface area contributed by atoms with Crippen molar-refractivity contribution in [2.24, 2.45) is 11.8 Å². The highest BCUT2D eigenvalue weighted by molar-refractivity contribution is 4.98. The Morgan fingerprint density at radius 3 is 2.67 bits per heavy atom. The Labute approximate surface area is 92.4 Å². The van der Waals surface area contributed by atoms with Crippen LogP contribution in [-0.4, -0.2) is 23.3 Å². The number of fused-ring (bicyclic) bond motifs is 2. The van der Waals surface area contributed by atoms with E-state index in [1.54, 1.807) is 0 Å². The van der Waals surface area contributed by atoms with E-state index in [1.165, 1.54) is 44.9 Å². The van der Waals surface area contributed by atoms with Crippen molar-refractivity contribution < 1.29 is 5.11 Å². The van der Waals surface area contributed by atoms with Gasteiger partial charge in [-0.3, -0.25) is 0 Å². The Hall–Kier alpha value is -0.0800. The molecule has 2 aliphatic heterocycles. The fraction of sp³-hybridized carbons (Fsp3) is 1.00. The van der Waals surface area contributed by atoms with E-state index in [0.29, 0.717) is 18.0 Å². The Morgan fingerprint density at radius 1 is 1.07 bits per heavy atom. The van der Waals surface area contributed by atoms with E-state index in [0.717, 1.165) is 12.3 Å². The lowest BCUT2D eigenvalue weighted by Gasteiger charge is -2.36. The summed E-state index contributed by atoms with van der Waals surface area (Å²) < 4.78 is 0. The molecule has 1 saturated carbocycles. The van der Waals surface area contributed by atoms with Crippen LogP contribution in [0.3, 0.4) is 0 Å². The molecule has 0 radical (unpaired) electrons. The average molecular weight is 209 g/mol. The maximum absolute atomic E-state index is 10.2. The molecule has 4 unspecified atom stereocenters. The maximum Gasteiger partial charge on any atom is 0.0598 e. The Bertz CT molecular complexity index is 225. The first kappa shape index (κ1) is 10.1. The van der Waals surface area contributed by atoms with Gasteiger partial charge in [0.15, 0.2) is 0 Å². The highest BCUT2D eigenvalue weighted by Crippen LogP contribution is 2.39. The molecule has 2 heteroatoms. The monoisotopic (exact) mass is 209 g/mol. The summed E-state index contributed by atoms with van der Waals surface area (Å²) in [5.74, 6) is 1.48. The first-order chi connectivity index (χ1) is 7.33. The van der Waals surface area contributed by atoms with Gasteiger partial charge in [0.2, 0.25) is 0 Å². The number of piperidine rings is 1. The van der Waals surface area contributed by atoms with Crippen LogP contribution in [0.2, 0.25) is 0 Å². The zero-order valence-corrected chi connectivity index (χ0v) is 9.49. The number of nitrogens with one attached hydrogen (secondary N) is 1. The van der Waals surface area contributed by atoms with Crippen LogP contribution in [0.15, 0.2) is 0 Å². The van der Waals surface area contributed by atoms with E-state index in [-0.39, 0.29) is 6.10 Å². The second kappa shape index (κ2) is 4.06. The van der Waals surface area contributed by atoms with Crippen LogP contribution < -0.4 is 5.32 Å². The molecule has 3 rings (SSSR count). The fourth-order valence-electron chi connectivity index (χ4n) is 4.06. The third kappa shape index (κ3) is 1.94. The SMILES string of the molecule is OC1CC2CCC(N2)C1CC1CCCC1. The van der Waals surface area contributed by atoms with Gasteiger partial charge in [-0.1, -0.05) is 25.7 Å². The van der Waals surface area contributed by atoms with Crippen LogP contribution in [0.25, 0.3) is 0 Å². The predicted molar refractivity (Wildman–Crippen MR) is 60.6 cm³/mol. The van der Waals surface area contributed by atoms with Gasteiger partial charge in [-0.15, -0.1) is 0 Å². The molecule has 2 N–H and O–H groups in total. The second-order valence-electron chi connectivity index (χ2n) is 5.90. The lowest BCUT2D eigenvalue weighted by atomic mass is 9.81. The largest absolute Gasteiger partial charge is 0.393 e. The topological polar surface area (TPSA) is 32.3 Å². The standard InChI is InChI=1S/C13H23NO/c15-13-8-10-5-6-12(14-10)11(13)7-9-3-1-2-4-9/h9-15H,1-8H2. The molecular weight excluding hydrogens is 186 g/mol. The van der Waals surface area contributed by atoms with Crippen molar-refractivity contribution in [2.45, 2.75) is 69.6 Å². The summed E-state index contributed by atoms with van der Waals surface area (Å²) in [6, 6.07) is 1.27. The molecule has 0 spiro atoms. The van der Waals surface area contributed by atoms with Crippen LogP contribution in [0.5, 0.6) is 0 Å². The molecule has 3 aliphatic rings. The van der Waals surface area contributed by atoms with Gasteiger partial charge in [0.1, 0.15) is 0 Å². The third-order valence-corrected chi connectivity index (χ3v) is 4.89. The van der Waals surface area contributed by atoms with Gasteiger partial charge >= 0.3 is 0 Å². The van der Waals surface area contributed by atoms with Crippen LogP contribution in [0.1, 0.15) is 51.4 Å². The number of aliphatic hydroxyl groups is 1. The summed E-state index contributed by atoms with van der Waals surface area (Å²) in [7, 11) is 0. The Kier molecular flexibility index (Phi) is 2.73. The summed E-state index contributed by atoms with van der Waals surface area (Å²) in [5, 5.41) is 13.9. The summed E-state index contributed by atoms with van der Waals surface area (Å²) in [4.78, 5) is 0. The minimum Gasteiger partial charge on any atom is -0.393 e. The molecule has 0 aromatic rings. The number of hydrogen-bond donors (Lipinski definition) is 2. The summed E-state index contributed by atoms with van der Waals surface area (Å²) in [6.07, 6.45) is 10.6. The van der Waals surface area contributed by atoms with Crippen molar-refractivity contribution in [1.82, 2.24) is 5.32 Å². The zero-order chi connectivity index (χ0) is 10.3. The van der Waals surface area contributed by atoms with Crippen molar-refractivity contribution in [3.63, 3.8) is 0 Å². The first-order valence-corrected chi connectivity index (χ1v) is 6.77. The molecule has 2 bridgehead atoms. The molecule has 2 nitrogen and oxygen atoms in total. The maximum atomic E-state index is 10.2. The Morgan fingerprint density at radius 2 is 1.87 bits per heavy atom. The van der Waals surface area contributed by atoms with E-state index in [9.17, 15) is 5.11 Å². The lowest BCUT2D eigenvalue weighted by Crippen LogP contribution is -2.48. The highest BCUT2D eigenvalue weighted by atomic mass is 16.3. The average Bonchev–Trinajstić information content (AvgIpc) is 2.82. The van der Waals surface area contributed by atoms with E-state index in [1.807, 2.05) is 0 Å². The molecule has 1 aliphatic carbocycles. The van der Waals surface area contributed by atoms with Gasteiger partial charge in [0.25, 0.3) is 0 Å². The van der Waals surface area contributed by atoms with Crippen molar-refractivity contribution in [1.29, 1.82) is 0 Å². The number of rotatable bonds is 2. The fourth-order valence-corrected chi connectivity index (χ4v) is 4.06. The lowest BCUT2D eigenvalue weighted by molar-refractivity contribution is 0.0394. The first-order valence-electron chi connectivity index (χ1n) is 6.77. The van der Waals surface area contributed by atoms with Crippen LogP contribution in [0.4, 0.5) is 0 Å². The van der Waals surface area contributed by atoms with Crippen LogP contribution in [-0.2, 0) is 0 Å². The van der Waals surface area contributed by atoms with Crippen molar-refractivity contribution in [3.8, 4) is 0 Å². The summed E-state index contributed by atoms with van der Waals surface area (Å²) in [6.45, 7) is 0. The molecule has 0 aromatic heterocycles. The molecule has 2 saturated heterocycles. The van der Waals surface area contributed by atoms with E-state index >= 15 is 0 Å². The van der Waals surface area contributed by atoms with E-state index < -0.39 is 0 Å². The minimum absolute atomic E-state index is 0.00986. The van der Waals surface area contributed by atoms with Crippen LogP contribution in [0, 0.1) is 11.8 Å². The highest BCUT2D eigenvalue weighted by Gasteiger charge is 2.41. The normalized spacial score (nSPS) is 46.2. The quantitative estimate of drug-likeness (QED) is 0.729. The van der Waals surface area contributed by atoms with Gasteiger partial charge in [0, 0.05) is 18.0 Å². The molecule has 15 heavy (non-hydrogen) atoms. The van der Waals surface area contributed by atoms with Gasteiger partial charge in [0.05, 0.1) is 6.10 Å². The molecule has 0 aromatic carbocycles. The molecule has 4 atom stereocenters. The number of aliphatic hydroxyl groups excluding tert-OH is 1. The molecule has 3 fully saturated rings. The van der Waals surface area contributed by atoms with Crippen molar-refractivity contribution in [3.05, 3.63) is 0 Å².